The summed E-state index contributed by atoms with van der Waals surface area (Å²) in [6.07, 6.45) is 7.97. The van der Waals surface area contributed by atoms with Crippen LogP contribution in [0.5, 0.6) is 0 Å². The standard InChI is InChI=1S/C21H30N2O2/c1-14-7-12-19(15(2)13-14)23-21(25)17-10-8-16(9-11-17)20(24)22-18-5-3-4-6-18/h7,12-13,16-18H,3-6,8-11H2,1-2H3,(H,22,24)(H,23,25). The zero-order chi connectivity index (χ0) is 17.8. The van der Waals surface area contributed by atoms with Crippen LogP contribution in [0, 0.1) is 25.7 Å². The normalized spacial score (nSPS) is 24.1. The first-order chi connectivity index (χ1) is 12.0. The lowest BCUT2D eigenvalue weighted by Crippen LogP contribution is -2.39. The Morgan fingerprint density at radius 3 is 2.08 bits per heavy atom. The van der Waals surface area contributed by atoms with Crippen molar-refractivity contribution in [1.82, 2.24) is 5.32 Å². The van der Waals surface area contributed by atoms with Gasteiger partial charge in [-0.15, -0.1) is 0 Å². The Balaban J connectivity index is 1.47. The summed E-state index contributed by atoms with van der Waals surface area (Å²) < 4.78 is 0. The van der Waals surface area contributed by atoms with Crippen molar-refractivity contribution >= 4 is 17.5 Å². The molecule has 2 amide bonds. The highest BCUT2D eigenvalue weighted by Gasteiger charge is 2.31. The number of carbonyl (C=O) groups is 2. The predicted octanol–water partition coefficient (Wildman–Crippen LogP) is 4.11. The van der Waals surface area contributed by atoms with Crippen LogP contribution in [0.25, 0.3) is 0 Å². The summed E-state index contributed by atoms with van der Waals surface area (Å²) in [5, 5.41) is 6.28. The number of rotatable bonds is 4. The molecule has 2 saturated carbocycles. The van der Waals surface area contributed by atoms with Crippen LogP contribution in [0.2, 0.25) is 0 Å². The van der Waals surface area contributed by atoms with E-state index in [-0.39, 0.29) is 23.7 Å². The Kier molecular flexibility index (Phi) is 5.77. The molecule has 0 unspecified atom stereocenters. The number of carbonyl (C=O) groups excluding carboxylic acids is 2. The van der Waals surface area contributed by atoms with Crippen LogP contribution in [-0.2, 0) is 9.59 Å². The first-order valence-corrected chi connectivity index (χ1v) is 9.71. The molecule has 0 spiro atoms. The van der Waals surface area contributed by atoms with Crippen molar-refractivity contribution in [3.05, 3.63) is 29.3 Å². The van der Waals surface area contributed by atoms with Crippen LogP contribution < -0.4 is 10.6 Å². The second-order valence-corrected chi connectivity index (χ2v) is 7.85. The third-order valence-electron chi connectivity index (χ3n) is 5.81. The Labute approximate surface area is 150 Å². The smallest absolute Gasteiger partial charge is 0.227 e. The van der Waals surface area contributed by atoms with E-state index >= 15 is 0 Å². The van der Waals surface area contributed by atoms with E-state index < -0.39 is 0 Å². The Bertz CT molecular complexity index is 627. The van der Waals surface area contributed by atoms with Crippen LogP contribution in [0.4, 0.5) is 5.69 Å². The van der Waals surface area contributed by atoms with Gasteiger partial charge in [-0.1, -0.05) is 30.5 Å². The first kappa shape index (κ1) is 18.0. The SMILES string of the molecule is Cc1ccc(NC(=O)C2CCC(C(=O)NC3CCCC3)CC2)c(C)c1. The molecule has 0 aliphatic heterocycles. The second-order valence-electron chi connectivity index (χ2n) is 7.85. The Hall–Kier alpha value is -1.84. The van der Waals surface area contributed by atoms with Crippen LogP contribution in [-0.4, -0.2) is 17.9 Å². The number of hydrogen-bond donors (Lipinski definition) is 2. The van der Waals surface area contributed by atoms with Crippen molar-refractivity contribution in [1.29, 1.82) is 0 Å². The van der Waals surface area contributed by atoms with E-state index in [9.17, 15) is 9.59 Å². The number of nitrogens with one attached hydrogen (secondary N) is 2. The van der Waals surface area contributed by atoms with E-state index in [1.807, 2.05) is 19.1 Å². The van der Waals surface area contributed by atoms with Crippen molar-refractivity contribution in [3.8, 4) is 0 Å². The molecule has 0 bridgehead atoms. The van der Waals surface area contributed by atoms with E-state index in [4.69, 9.17) is 0 Å². The van der Waals surface area contributed by atoms with Gasteiger partial charge in [0.25, 0.3) is 0 Å². The van der Waals surface area contributed by atoms with Crippen LogP contribution in [0.15, 0.2) is 18.2 Å². The summed E-state index contributed by atoms with van der Waals surface area (Å²) in [7, 11) is 0. The van der Waals surface area contributed by atoms with Crippen molar-refractivity contribution in [2.24, 2.45) is 11.8 Å². The van der Waals surface area contributed by atoms with Gasteiger partial charge in [0.05, 0.1) is 0 Å². The van der Waals surface area contributed by atoms with E-state index in [0.29, 0.717) is 6.04 Å². The molecule has 0 aromatic heterocycles. The molecule has 0 saturated heterocycles. The number of hydrogen-bond acceptors (Lipinski definition) is 2. The third kappa shape index (κ3) is 4.62. The van der Waals surface area contributed by atoms with Gasteiger partial charge in [0.2, 0.25) is 11.8 Å². The summed E-state index contributed by atoms with van der Waals surface area (Å²) in [6.45, 7) is 4.07. The summed E-state index contributed by atoms with van der Waals surface area (Å²) in [5.41, 5.74) is 3.19. The van der Waals surface area contributed by atoms with Crippen molar-refractivity contribution in [3.63, 3.8) is 0 Å². The number of benzene rings is 1. The molecule has 1 aromatic rings. The molecule has 25 heavy (non-hydrogen) atoms. The summed E-state index contributed by atoms with van der Waals surface area (Å²) in [4.78, 5) is 24.9. The molecule has 2 aliphatic rings. The molecular formula is C21H30N2O2. The molecule has 136 valence electrons. The fraction of sp³-hybridized carbons (Fsp3) is 0.619. The van der Waals surface area contributed by atoms with Gasteiger partial charge in [0.15, 0.2) is 0 Å². The summed E-state index contributed by atoms with van der Waals surface area (Å²) in [6, 6.07) is 6.47. The van der Waals surface area contributed by atoms with Crippen LogP contribution >= 0.6 is 0 Å². The molecule has 0 atom stereocenters. The maximum atomic E-state index is 12.5. The first-order valence-electron chi connectivity index (χ1n) is 9.71. The lowest BCUT2D eigenvalue weighted by molar-refractivity contribution is -0.129. The molecule has 2 fully saturated rings. The minimum atomic E-state index is 0.0243. The van der Waals surface area contributed by atoms with Gasteiger partial charge in [-0.3, -0.25) is 9.59 Å². The maximum absolute atomic E-state index is 12.5. The molecule has 4 heteroatoms. The Morgan fingerprint density at radius 1 is 0.880 bits per heavy atom. The molecule has 0 heterocycles. The van der Waals surface area contributed by atoms with E-state index in [2.05, 4.69) is 23.6 Å². The molecule has 4 nitrogen and oxygen atoms in total. The van der Waals surface area contributed by atoms with Crippen LogP contribution in [0.1, 0.15) is 62.5 Å². The van der Waals surface area contributed by atoms with Crippen LogP contribution in [0.3, 0.4) is 0 Å². The van der Waals surface area contributed by atoms with Crippen molar-refractivity contribution in [2.45, 2.75) is 71.3 Å². The largest absolute Gasteiger partial charge is 0.353 e. The minimum absolute atomic E-state index is 0.0243. The zero-order valence-electron chi connectivity index (χ0n) is 15.4. The fourth-order valence-corrected chi connectivity index (χ4v) is 4.20. The number of amides is 2. The van der Waals surface area contributed by atoms with Crippen molar-refractivity contribution in [2.75, 3.05) is 5.32 Å². The zero-order valence-corrected chi connectivity index (χ0v) is 15.4. The maximum Gasteiger partial charge on any atom is 0.227 e. The Morgan fingerprint density at radius 2 is 1.48 bits per heavy atom. The topological polar surface area (TPSA) is 58.2 Å². The highest BCUT2D eigenvalue weighted by Crippen LogP contribution is 2.31. The molecule has 2 aliphatic carbocycles. The van der Waals surface area contributed by atoms with Gasteiger partial charge in [-0.2, -0.15) is 0 Å². The summed E-state index contributed by atoms with van der Waals surface area (Å²) >= 11 is 0. The lowest BCUT2D eigenvalue weighted by atomic mass is 9.81. The van der Waals surface area contributed by atoms with E-state index in [0.717, 1.165) is 49.8 Å². The summed E-state index contributed by atoms with van der Waals surface area (Å²) in [5.74, 6) is 0.420. The number of anilines is 1. The van der Waals surface area contributed by atoms with E-state index in [1.54, 1.807) is 0 Å². The van der Waals surface area contributed by atoms with Gasteiger partial charge < -0.3 is 10.6 Å². The quantitative estimate of drug-likeness (QED) is 0.865. The van der Waals surface area contributed by atoms with Gasteiger partial charge in [0.1, 0.15) is 0 Å². The fourth-order valence-electron chi connectivity index (χ4n) is 4.20. The van der Waals surface area contributed by atoms with Gasteiger partial charge in [-0.05, 0) is 64.0 Å². The average Bonchev–Trinajstić information content (AvgIpc) is 3.10. The average molecular weight is 342 g/mol. The molecular weight excluding hydrogens is 312 g/mol. The lowest BCUT2D eigenvalue weighted by Gasteiger charge is -2.28. The minimum Gasteiger partial charge on any atom is -0.353 e. The van der Waals surface area contributed by atoms with E-state index in [1.165, 1.54) is 18.4 Å². The van der Waals surface area contributed by atoms with Gasteiger partial charge in [-0.25, -0.2) is 0 Å². The number of aryl methyl sites for hydroxylation is 2. The molecule has 3 rings (SSSR count). The predicted molar refractivity (Wildman–Crippen MR) is 100 cm³/mol. The highest BCUT2D eigenvalue weighted by atomic mass is 16.2. The second kappa shape index (κ2) is 8.03. The molecule has 0 radical (unpaired) electrons. The molecule has 2 N–H and O–H groups in total. The van der Waals surface area contributed by atoms with Gasteiger partial charge in [0, 0.05) is 23.6 Å². The molecule has 1 aromatic carbocycles. The monoisotopic (exact) mass is 342 g/mol. The third-order valence-corrected chi connectivity index (χ3v) is 5.81. The highest BCUT2D eigenvalue weighted by molar-refractivity contribution is 5.93. The van der Waals surface area contributed by atoms with Gasteiger partial charge >= 0.3 is 0 Å². The van der Waals surface area contributed by atoms with Crippen molar-refractivity contribution < 1.29 is 9.59 Å².